The van der Waals surface area contributed by atoms with E-state index in [0.29, 0.717) is 0 Å². The molecule has 1 aliphatic rings. The summed E-state index contributed by atoms with van der Waals surface area (Å²) in [6.45, 7) is 7.89. The van der Waals surface area contributed by atoms with Crippen molar-refractivity contribution < 1.29 is 4.79 Å². The summed E-state index contributed by atoms with van der Waals surface area (Å²) in [5.41, 5.74) is 3.46. The number of likely N-dealkylation sites (tertiary alicyclic amines) is 1. The standard InChI is InChI=1S/C18H24N4OS/c1-13-7-8-16(14(2)11-13)22-12-19-20-18(22)24-15(3)17(23)21-9-5-4-6-10-21/h7-8,11-12,15H,4-6,9-10H2,1-3H3. The van der Waals surface area contributed by atoms with E-state index in [1.165, 1.54) is 29.3 Å². The predicted molar refractivity (Wildman–Crippen MR) is 96.6 cm³/mol. The molecule has 1 unspecified atom stereocenters. The van der Waals surface area contributed by atoms with Gasteiger partial charge in [-0.3, -0.25) is 9.36 Å². The lowest BCUT2D eigenvalue weighted by Gasteiger charge is -2.28. The number of amides is 1. The van der Waals surface area contributed by atoms with Gasteiger partial charge in [0.25, 0.3) is 0 Å². The van der Waals surface area contributed by atoms with E-state index in [9.17, 15) is 4.79 Å². The number of rotatable bonds is 4. The highest BCUT2D eigenvalue weighted by molar-refractivity contribution is 8.00. The number of benzene rings is 1. The second kappa shape index (κ2) is 7.38. The van der Waals surface area contributed by atoms with Crippen LogP contribution in [0.1, 0.15) is 37.3 Å². The SMILES string of the molecule is Cc1ccc(-n2cnnc2SC(C)C(=O)N2CCCCC2)c(C)c1. The van der Waals surface area contributed by atoms with E-state index in [2.05, 4.69) is 42.2 Å². The Labute approximate surface area is 147 Å². The van der Waals surface area contributed by atoms with Crippen LogP contribution in [0.4, 0.5) is 0 Å². The maximum atomic E-state index is 12.6. The van der Waals surface area contributed by atoms with Crippen molar-refractivity contribution in [3.63, 3.8) is 0 Å². The minimum absolute atomic E-state index is 0.156. The molecule has 0 bridgehead atoms. The number of nitrogens with zero attached hydrogens (tertiary/aromatic N) is 4. The van der Waals surface area contributed by atoms with Crippen LogP contribution in [0.2, 0.25) is 0 Å². The number of hydrogen-bond donors (Lipinski definition) is 0. The molecule has 1 aliphatic heterocycles. The van der Waals surface area contributed by atoms with Crippen molar-refractivity contribution in [3.05, 3.63) is 35.7 Å². The predicted octanol–water partition coefficient (Wildman–Crippen LogP) is 3.38. The highest BCUT2D eigenvalue weighted by Crippen LogP contribution is 2.27. The zero-order valence-corrected chi connectivity index (χ0v) is 15.3. The van der Waals surface area contributed by atoms with Crippen LogP contribution in [0.25, 0.3) is 5.69 Å². The summed E-state index contributed by atoms with van der Waals surface area (Å²) in [5, 5.41) is 8.89. The van der Waals surface area contributed by atoms with Crippen LogP contribution >= 0.6 is 11.8 Å². The Kier molecular flexibility index (Phi) is 5.23. The number of piperidine rings is 1. The quantitative estimate of drug-likeness (QED) is 0.798. The molecule has 6 heteroatoms. The Balaban J connectivity index is 1.76. The molecule has 0 aliphatic carbocycles. The van der Waals surface area contributed by atoms with Crippen molar-refractivity contribution in [2.45, 2.75) is 50.4 Å². The van der Waals surface area contributed by atoms with Crippen molar-refractivity contribution in [2.24, 2.45) is 0 Å². The Morgan fingerprint density at radius 1 is 1.21 bits per heavy atom. The molecule has 0 N–H and O–H groups in total. The van der Waals surface area contributed by atoms with E-state index in [4.69, 9.17) is 0 Å². The molecule has 0 radical (unpaired) electrons. The normalized spacial score (nSPS) is 16.2. The van der Waals surface area contributed by atoms with Crippen LogP contribution in [-0.2, 0) is 4.79 Å². The Hall–Kier alpha value is -1.82. The number of aryl methyl sites for hydroxylation is 2. The largest absolute Gasteiger partial charge is 0.342 e. The molecule has 0 saturated carbocycles. The van der Waals surface area contributed by atoms with Crippen molar-refractivity contribution in [3.8, 4) is 5.69 Å². The fourth-order valence-corrected chi connectivity index (χ4v) is 4.05. The van der Waals surface area contributed by atoms with Gasteiger partial charge in [0.15, 0.2) is 5.16 Å². The first-order valence-electron chi connectivity index (χ1n) is 8.49. The number of carbonyl (C=O) groups is 1. The van der Waals surface area contributed by atoms with Crippen LogP contribution in [0, 0.1) is 13.8 Å². The summed E-state index contributed by atoms with van der Waals surface area (Å²) in [6, 6.07) is 6.31. The molecule has 2 heterocycles. The van der Waals surface area contributed by atoms with Gasteiger partial charge in [-0.2, -0.15) is 0 Å². The lowest BCUT2D eigenvalue weighted by Crippen LogP contribution is -2.40. The van der Waals surface area contributed by atoms with Gasteiger partial charge in [-0.1, -0.05) is 29.5 Å². The van der Waals surface area contributed by atoms with E-state index in [0.717, 1.165) is 36.8 Å². The average Bonchev–Trinajstić information content (AvgIpc) is 3.03. The van der Waals surface area contributed by atoms with Crippen LogP contribution in [-0.4, -0.2) is 43.9 Å². The summed E-state index contributed by atoms with van der Waals surface area (Å²) >= 11 is 1.48. The van der Waals surface area contributed by atoms with Gasteiger partial charge in [-0.15, -0.1) is 10.2 Å². The molecular formula is C18H24N4OS. The molecule has 1 amide bonds. The molecule has 1 fully saturated rings. The van der Waals surface area contributed by atoms with Gasteiger partial charge in [0, 0.05) is 13.1 Å². The van der Waals surface area contributed by atoms with Gasteiger partial charge in [0.05, 0.1) is 10.9 Å². The van der Waals surface area contributed by atoms with Crippen LogP contribution < -0.4 is 0 Å². The topological polar surface area (TPSA) is 51.0 Å². The van der Waals surface area contributed by atoms with Gasteiger partial charge in [0.2, 0.25) is 5.91 Å². The second-order valence-electron chi connectivity index (χ2n) is 6.42. The molecule has 3 rings (SSSR count). The third kappa shape index (κ3) is 3.64. The van der Waals surface area contributed by atoms with Crippen LogP contribution in [0.15, 0.2) is 29.7 Å². The third-order valence-electron chi connectivity index (χ3n) is 4.43. The number of carbonyl (C=O) groups excluding carboxylic acids is 1. The molecule has 0 spiro atoms. The van der Waals surface area contributed by atoms with Gasteiger partial charge in [0.1, 0.15) is 6.33 Å². The number of thioether (sulfide) groups is 1. The highest BCUT2D eigenvalue weighted by atomic mass is 32.2. The van der Waals surface area contributed by atoms with Crippen LogP contribution in [0.3, 0.4) is 0 Å². The molecule has 1 aromatic heterocycles. The molecule has 24 heavy (non-hydrogen) atoms. The van der Waals surface area contributed by atoms with Gasteiger partial charge >= 0.3 is 0 Å². The minimum Gasteiger partial charge on any atom is -0.342 e. The summed E-state index contributed by atoms with van der Waals surface area (Å²) in [7, 11) is 0. The van der Waals surface area contributed by atoms with Gasteiger partial charge in [-0.05, 0) is 51.7 Å². The lowest BCUT2D eigenvalue weighted by molar-refractivity contribution is -0.131. The van der Waals surface area contributed by atoms with Gasteiger partial charge < -0.3 is 4.90 Å². The molecule has 1 saturated heterocycles. The fraction of sp³-hybridized carbons (Fsp3) is 0.500. The first-order chi connectivity index (χ1) is 11.6. The molecule has 1 atom stereocenters. The molecule has 128 valence electrons. The van der Waals surface area contributed by atoms with E-state index in [1.54, 1.807) is 6.33 Å². The van der Waals surface area contributed by atoms with Crippen molar-refractivity contribution in [1.29, 1.82) is 0 Å². The second-order valence-corrected chi connectivity index (χ2v) is 7.73. The zero-order valence-electron chi connectivity index (χ0n) is 14.5. The van der Waals surface area contributed by atoms with Crippen molar-refractivity contribution in [1.82, 2.24) is 19.7 Å². The average molecular weight is 344 g/mol. The summed E-state index contributed by atoms with van der Waals surface area (Å²) in [6.07, 6.45) is 5.17. The molecule has 5 nitrogen and oxygen atoms in total. The summed E-state index contributed by atoms with van der Waals surface area (Å²) in [5.74, 6) is 0.204. The first-order valence-corrected chi connectivity index (χ1v) is 9.37. The number of aromatic nitrogens is 3. The Morgan fingerprint density at radius 2 is 1.96 bits per heavy atom. The lowest BCUT2D eigenvalue weighted by atomic mass is 10.1. The van der Waals surface area contributed by atoms with Gasteiger partial charge in [-0.25, -0.2) is 0 Å². The summed E-state index contributed by atoms with van der Waals surface area (Å²) in [4.78, 5) is 14.6. The van der Waals surface area contributed by atoms with Crippen LogP contribution in [0.5, 0.6) is 0 Å². The maximum Gasteiger partial charge on any atom is 0.235 e. The van der Waals surface area contributed by atoms with E-state index < -0.39 is 0 Å². The smallest absolute Gasteiger partial charge is 0.235 e. The van der Waals surface area contributed by atoms with Crippen molar-refractivity contribution >= 4 is 17.7 Å². The number of hydrogen-bond acceptors (Lipinski definition) is 4. The fourth-order valence-electron chi connectivity index (χ4n) is 3.13. The Bertz CT molecular complexity index is 722. The van der Waals surface area contributed by atoms with Crippen molar-refractivity contribution in [2.75, 3.05) is 13.1 Å². The maximum absolute atomic E-state index is 12.6. The zero-order chi connectivity index (χ0) is 17.1. The monoisotopic (exact) mass is 344 g/mol. The molecule has 2 aromatic rings. The highest BCUT2D eigenvalue weighted by Gasteiger charge is 2.24. The summed E-state index contributed by atoms with van der Waals surface area (Å²) < 4.78 is 1.97. The minimum atomic E-state index is -0.156. The molecule has 1 aromatic carbocycles. The van der Waals surface area contributed by atoms with E-state index in [-0.39, 0.29) is 11.2 Å². The third-order valence-corrected chi connectivity index (χ3v) is 5.47. The van der Waals surface area contributed by atoms with E-state index >= 15 is 0 Å². The van der Waals surface area contributed by atoms with E-state index in [1.807, 2.05) is 16.4 Å². The first kappa shape index (κ1) is 17.0. The molecular weight excluding hydrogens is 320 g/mol. The Morgan fingerprint density at radius 3 is 2.67 bits per heavy atom.